The summed E-state index contributed by atoms with van der Waals surface area (Å²) in [5.41, 5.74) is 18.5. The Hall–Kier alpha value is -4.24. The minimum Gasteiger partial charge on any atom is -0.311 e. The van der Waals surface area contributed by atoms with Gasteiger partial charge in [0, 0.05) is 34.1 Å². The molecule has 5 atom stereocenters. The van der Waals surface area contributed by atoms with Gasteiger partial charge in [0.05, 0.1) is 0 Å². The van der Waals surface area contributed by atoms with Gasteiger partial charge in [-0.05, 0) is 186 Å². The van der Waals surface area contributed by atoms with Gasteiger partial charge in [-0.1, -0.05) is 99.2 Å². The maximum absolute atomic E-state index is 2.76. The second-order valence-electron chi connectivity index (χ2n) is 20.0. The van der Waals surface area contributed by atoms with Gasteiger partial charge in [0.2, 0.25) is 0 Å². The Balaban J connectivity index is 1.09. The zero-order valence-electron chi connectivity index (χ0n) is 33.1. The maximum Gasteiger partial charge on any atom is 0.252 e. The molecule has 0 saturated heterocycles. The Morgan fingerprint density at radius 1 is 0.500 bits per heavy atom. The monoisotopic (exact) mass is 730 g/mol. The molecule has 56 heavy (non-hydrogen) atoms. The number of hydrogen-bond donors (Lipinski definition) is 0. The molecular weight excluding hydrogens is 675 g/mol. The molecule has 5 aromatic rings. The van der Waals surface area contributed by atoms with Crippen LogP contribution in [0.1, 0.15) is 131 Å². The summed E-state index contributed by atoms with van der Waals surface area (Å²) in [4.78, 5) is 5.41. The second-order valence-corrected chi connectivity index (χ2v) is 20.0. The van der Waals surface area contributed by atoms with Crippen molar-refractivity contribution in [3.05, 3.63) is 126 Å². The molecule has 6 aliphatic carbocycles. The lowest BCUT2D eigenvalue weighted by Crippen LogP contribution is -2.61. The van der Waals surface area contributed by atoms with E-state index in [1.807, 2.05) is 0 Å². The molecule has 2 heterocycles. The van der Waals surface area contributed by atoms with E-state index in [0.29, 0.717) is 22.7 Å². The van der Waals surface area contributed by atoms with Crippen LogP contribution in [-0.4, -0.2) is 6.71 Å². The first-order valence-corrected chi connectivity index (χ1v) is 22.8. The zero-order valence-corrected chi connectivity index (χ0v) is 33.1. The largest absolute Gasteiger partial charge is 0.311 e. The van der Waals surface area contributed by atoms with Gasteiger partial charge < -0.3 is 9.80 Å². The van der Waals surface area contributed by atoms with Crippen LogP contribution in [0.4, 0.5) is 34.1 Å². The van der Waals surface area contributed by atoms with Crippen molar-refractivity contribution in [1.82, 2.24) is 0 Å². The van der Waals surface area contributed by atoms with Crippen molar-refractivity contribution in [2.75, 3.05) is 9.80 Å². The molecule has 5 unspecified atom stereocenters. The Morgan fingerprint density at radius 2 is 1.05 bits per heavy atom. The van der Waals surface area contributed by atoms with E-state index in [0.717, 1.165) is 17.8 Å². The number of fused-ring (bicyclic) bond motifs is 6. The second kappa shape index (κ2) is 12.1. The molecule has 2 aliphatic heterocycles. The molecule has 0 radical (unpaired) electrons. The Kier molecular flexibility index (Phi) is 7.11. The number of nitrogens with zero attached hydrogens (tertiary/aromatic N) is 2. The van der Waals surface area contributed by atoms with Gasteiger partial charge in [-0.2, -0.15) is 0 Å². The van der Waals surface area contributed by atoms with Crippen molar-refractivity contribution in [2.45, 2.75) is 120 Å². The quantitative estimate of drug-likeness (QED) is 0.163. The fourth-order valence-electron chi connectivity index (χ4n) is 15.1. The third-order valence-electron chi connectivity index (χ3n) is 17.4. The lowest BCUT2D eigenvalue weighted by Gasteiger charge is -2.49. The molecular formula is C53H55BN2. The standard InChI is InChI=1S/C53H55BN2/c1-5-13-36(14-6-1)38-21-23-47-45(26-38)54-46-27-39(37-15-7-2-8-16-37)22-24-48(46)56(44-19-11-4-12-20-44)50-30-40(29-49(51(50)54)55(47)43-17-9-3-10-18-43)52-31-35-25-41-28-42(33-52)53(41,32-35)34-52/h3-4,9-12,17-24,26-27,29-30,35-37,41-42H,1-2,5-8,13-16,25,28,31-34H2. The van der Waals surface area contributed by atoms with Gasteiger partial charge in [-0.25, -0.2) is 0 Å². The summed E-state index contributed by atoms with van der Waals surface area (Å²) >= 11 is 0. The summed E-state index contributed by atoms with van der Waals surface area (Å²) in [6.07, 6.45) is 22.3. The summed E-state index contributed by atoms with van der Waals surface area (Å²) in [5, 5.41) is 0. The van der Waals surface area contributed by atoms with Gasteiger partial charge >= 0.3 is 0 Å². The third kappa shape index (κ3) is 4.58. The maximum atomic E-state index is 2.76. The predicted octanol–water partition coefficient (Wildman–Crippen LogP) is 12.3. The molecule has 6 saturated carbocycles. The summed E-state index contributed by atoms with van der Waals surface area (Å²) < 4.78 is 0. The SMILES string of the molecule is c1ccc(N2c3ccc(C4CCCCC4)cc3B3c4cc(C5CCCCC5)ccc4N(c4ccccc4)c4cc(C56CC7CC8CC(C5)C8(C7)C6)cc2c43)cc1. The van der Waals surface area contributed by atoms with Crippen molar-refractivity contribution in [2.24, 2.45) is 23.2 Å². The highest BCUT2D eigenvalue weighted by atomic mass is 15.2. The molecule has 280 valence electrons. The minimum absolute atomic E-state index is 0.203. The van der Waals surface area contributed by atoms with Crippen LogP contribution < -0.4 is 26.2 Å². The van der Waals surface area contributed by atoms with Crippen molar-refractivity contribution >= 4 is 57.2 Å². The smallest absolute Gasteiger partial charge is 0.252 e. The average molecular weight is 731 g/mol. The summed E-state index contributed by atoms with van der Waals surface area (Å²) in [6, 6.07) is 43.9. The van der Waals surface area contributed by atoms with Crippen LogP contribution in [0.2, 0.25) is 0 Å². The zero-order chi connectivity index (χ0) is 36.6. The highest BCUT2D eigenvalue weighted by Crippen LogP contribution is 2.79. The van der Waals surface area contributed by atoms with Crippen LogP contribution in [0.15, 0.2) is 109 Å². The van der Waals surface area contributed by atoms with Gasteiger partial charge in [0.1, 0.15) is 0 Å². The molecule has 3 bridgehead atoms. The first kappa shape index (κ1) is 32.8. The molecule has 6 fully saturated rings. The van der Waals surface area contributed by atoms with Crippen LogP contribution in [0.5, 0.6) is 0 Å². The molecule has 0 aromatic heterocycles. The lowest BCUT2D eigenvalue weighted by molar-refractivity contribution is -0.000159. The van der Waals surface area contributed by atoms with Crippen molar-refractivity contribution < 1.29 is 0 Å². The number of anilines is 6. The van der Waals surface area contributed by atoms with Crippen LogP contribution in [-0.2, 0) is 5.41 Å². The van der Waals surface area contributed by atoms with Crippen molar-refractivity contribution in [3.63, 3.8) is 0 Å². The fourth-order valence-corrected chi connectivity index (χ4v) is 15.1. The Morgan fingerprint density at radius 3 is 1.61 bits per heavy atom. The third-order valence-corrected chi connectivity index (χ3v) is 17.4. The van der Waals surface area contributed by atoms with E-state index in [2.05, 4.69) is 119 Å². The predicted molar refractivity (Wildman–Crippen MR) is 234 cm³/mol. The van der Waals surface area contributed by atoms with Crippen LogP contribution in [0, 0.1) is 23.2 Å². The molecule has 3 heteroatoms. The van der Waals surface area contributed by atoms with E-state index in [1.54, 1.807) is 16.7 Å². The van der Waals surface area contributed by atoms with E-state index in [1.165, 1.54) is 153 Å². The van der Waals surface area contributed by atoms with Crippen molar-refractivity contribution in [1.29, 1.82) is 0 Å². The van der Waals surface area contributed by atoms with Crippen LogP contribution in [0.25, 0.3) is 0 Å². The summed E-state index contributed by atoms with van der Waals surface area (Å²) in [5.74, 6) is 4.19. The lowest BCUT2D eigenvalue weighted by atomic mass is 9.33. The van der Waals surface area contributed by atoms with Crippen molar-refractivity contribution in [3.8, 4) is 0 Å². The highest BCUT2D eigenvalue weighted by Gasteiger charge is 2.71. The normalized spacial score (nSPS) is 29.8. The molecule has 13 rings (SSSR count). The Labute approximate surface area is 334 Å². The van der Waals surface area contributed by atoms with E-state index < -0.39 is 0 Å². The van der Waals surface area contributed by atoms with Gasteiger partial charge in [0.25, 0.3) is 6.71 Å². The van der Waals surface area contributed by atoms with Gasteiger partial charge in [-0.15, -0.1) is 0 Å². The topological polar surface area (TPSA) is 6.48 Å². The summed E-state index contributed by atoms with van der Waals surface area (Å²) in [7, 11) is 0. The summed E-state index contributed by atoms with van der Waals surface area (Å²) in [6.45, 7) is 0.203. The van der Waals surface area contributed by atoms with Crippen LogP contribution >= 0.6 is 0 Å². The molecule has 8 aliphatic rings. The fraction of sp³-hybridized carbons (Fsp3) is 0.434. The highest BCUT2D eigenvalue weighted by molar-refractivity contribution is 7.00. The number of rotatable bonds is 5. The van der Waals surface area contributed by atoms with Gasteiger partial charge in [0.15, 0.2) is 0 Å². The van der Waals surface area contributed by atoms with E-state index in [4.69, 9.17) is 0 Å². The number of benzene rings is 5. The van der Waals surface area contributed by atoms with E-state index in [9.17, 15) is 0 Å². The molecule has 0 amide bonds. The number of para-hydroxylation sites is 2. The van der Waals surface area contributed by atoms with E-state index in [-0.39, 0.29) is 6.71 Å². The molecule has 2 nitrogen and oxygen atoms in total. The molecule has 5 aromatic carbocycles. The minimum atomic E-state index is 0.203. The van der Waals surface area contributed by atoms with Gasteiger partial charge in [-0.3, -0.25) is 0 Å². The van der Waals surface area contributed by atoms with E-state index >= 15 is 0 Å². The first-order valence-electron chi connectivity index (χ1n) is 22.8. The number of hydrogen-bond acceptors (Lipinski definition) is 2. The molecule has 1 spiro atoms. The average Bonchev–Trinajstić information content (AvgIpc) is 3.58. The van der Waals surface area contributed by atoms with Crippen LogP contribution in [0.3, 0.4) is 0 Å². The Bertz CT molecular complexity index is 2220. The first-order chi connectivity index (χ1) is 27.7. The molecule has 0 N–H and O–H groups in total.